The Morgan fingerprint density at radius 1 is 1.43 bits per heavy atom. The van der Waals surface area contributed by atoms with E-state index in [9.17, 15) is 14.4 Å². The van der Waals surface area contributed by atoms with Crippen molar-refractivity contribution in [1.82, 2.24) is 10.2 Å². The zero-order valence-electron chi connectivity index (χ0n) is 11.7. The summed E-state index contributed by atoms with van der Waals surface area (Å²) in [6.45, 7) is 1.36. The molecule has 1 atom stereocenters. The van der Waals surface area contributed by atoms with Crippen molar-refractivity contribution in [3.63, 3.8) is 0 Å². The Labute approximate surface area is 122 Å². The van der Waals surface area contributed by atoms with Gasteiger partial charge in [0.25, 0.3) is 5.91 Å². The second-order valence-electron chi connectivity index (χ2n) is 4.68. The standard InChI is InChI=1S/C14H17N3O4/c1-2-10-14(20)16-12(18)7-17(10)13(19)8-21-11-6-4-3-5-9(11)15/h3-6,10H,2,7-8,15H2,1H3,(H,16,18,20). The minimum Gasteiger partial charge on any atom is -0.482 e. The summed E-state index contributed by atoms with van der Waals surface area (Å²) in [7, 11) is 0. The number of piperazine rings is 1. The maximum Gasteiger partial charge on any atom is 0.261 e. The van der Waals surface area contributed by atoms with Gasteiger partial charge in [0.1, 0.15) is 18.3 Å². The number of anilines is 1. The average molecular weight is 291 g/mol. The quantitative estimate of drug-likeness (QED) is 0.596. The van der Waals surface area contributed by atoms with Crippen LogP contribution < -0.4 is 15.8 Å². The van der Waals surface area contributed by atoms with Crippen LogP contribution in [0.3, 0.4) is 0 Å². The van der Waals surface area contributed by atoms with Gasteiger partial charge in [0.15, 0.2) is 6.61 Å². The molecule has 7 nitrogen and oxygen atoms in total. The van der Waals surface area contributed by atoms with Crippen LogP contribution in [0.1, 0.15) is 13.3 Å². The maximum absolute atomic E-state index is 12.2. The summed E-state index contributed by atoms with van der Waals surface area (Å²) in [4.78, 5) is 36.5. The van der Waals surface area contributed by atoms with E-state index >= 15 is 0 Å². The van der Waals surface area contributed by atoms with E-state index in [-0.39, 0.29) is 13.2 Å². The molecule has 0 aromatic heterocycles. The fraction of sp³-hybridized carbons (Fsp3) is 0.357. The third kappa shape index (κ3) is 3.31. The fourth-order valence-corrected chi connectivity index (χ4v) is 2.17. The van der Waals surface area contributed by atoms with Crippen molar-refractivity contribution in [1.29, 1.82) is 0 Å². The van der Waals surface area contributed by atoms with E-state index in [4.69, 9.17) is 10.5 Å². The smallest absolute Gasteiger partial charge is 0.261 e. The highest BCUT2D eigenvalue weighted by Crippen LogP contribution is 2.20. The highest BCUT2D eigenvalue weighted by atomic mass is 16.5. The van der Waals surface area contributed by atoms with Gasteiger partial charge in [-0.2, -0.15) is 0 Å². The van der Waals surface area contributed by atoms with E-state index < -0.39 is 23.8 Å². The van der Waals surface area contributed by atoms with Gasteiger partial charge in [0.05, 0.1) is 5.69 Å². The molecule has 0 aliphatic carbocycles. The molecule has 112 valence electrons. The fourth-order valence-electron chi connectivity index (χ4n) is 2.17. The van der Waals surface area contributed by atoms with Gasteiger partial charge in [-0.15, -0.1) is 0 Å². The number of ether oxygens (including phenoxy) is 1. The lowest BCUT2D eigenvalue weighted by Crippen LogP contribution is -2.60. The number of nitrogens with zero attached hydrogens (tertiary/aromatic N) is 1. The normalized spacial score (nSPS) is 18.3. The molecule has 1 saturated heterocycles. The van der Waals surface area contributed by atoms with Crippen molar-refractivity contribution in [3.05, 3.63) is 24.3 Å². The summed E-state index contributed by atoms with van der Waals surface area (Å²) in [6.07, 6.45) is 0.429. The van der Waals surface area contributed by atoms with Crippen LogP contribution >= 0.6 is 0 Å². The van der Waals surface area contributed by atoms with Crippen LogP contribution in [-0.4, -0.2) is 41.8 Å². The largest absolute Gasteiger partial charge is 0.482 e. The summed E-state index contributed by atoms with van der Waals surface area (Å²) in [5.74, 6) is -0.974. The lowest BCUT2D eigenvalue weighted by atomic mass is 10.1. The average Bonchev–Trinajstić information content (AvgIpc) is 2.45. The van der Waals surface area contributed by atoms with Gasteiger partial charge in [-0.25, -0.2) is 0 Å². The number of nitrogens with two attached hydrogens (primary N) is 1. The molecule has 1 heterocycles. The first-order valence-corrected chi connectivity index (χ1v) is 6.63. The van der Waals surface area contributed by atoms with Gasteiger partial charge in [-0.1, -0.05) is 19.1 Å². The van der Waals surface area contributed by atoms with Gasteiger partial charge in [0.2, 0.25) is 11.8 Å². The van der Waals surface area contributed by atoms with Gasteiger partial charge in [0, 0.05) is 0 Å². The molecule has 1 aromatic carbocycles. The molecule has 1 unspecified atom stereocenters. The minimum absolute atomic E-state index is 0.142. The maximum atomic E-state index is 12.2. The van der Waals surface area contributed by atoms with Gasteiger partial charge in [-0.3, -0.25) is 19.7 Å². The van der Waals surface area contributed by atoms with E-state index in [0.29, 0.717) is 17.9 Å². The van der Waals surface area contributed by atoms with Gasteiger partial charge >= 0.3 is 0 Å². The van der Waals surface area contributed by atoms with Crippen LogP contribution in [0.25, 0.3) is 0 Å². The zero-order chi connectivity index (χ0) is 15.4. The summed E-state index contributed by atoms with van der Waals surface area (Å²) in [6, 6.07) is 6.15. The molecular formula is C14H17N3O4. The molecule has 1 aliphatic heterocycles. The van der Waals surface area contributed by atoms with Crippen LogP contribution in [0.5, 0.6) is 5.75 Å². The van der Waals surface area contributed by atoms with Gasteiger partial charge < -0.3 is 15.4 Å². The SMILES string of the molecule is CCC1C(=O)NC(=O)CN1C(=O)COc1ccccc1N. The Morgan fingerprint density at radius 2 is 2.14 bits per heavy atom. The molecule has 0 spiro atoms. The first-order chi connectivity index (χ1) is 10.0. The summed E-state index contributed by atoms with van der Waals surface area (Å²) >= 11 is 0. The number of carbonyl (C=O) groups is 3. The number of benzene rings is 1. The number of amides is 3. The third-order valence-corrected chi connectivity index (χ3v) is 3.23. The van der Waals surface area contributed by atoms with E-state index in [1.807, 2.05) is 0 Å². The minimum atomic E-state index is -0.646. The van der Waals surface area contributed by atoms with Crippen molar-refractivity contribution < 1.29 is 19.1 Å². The van der Waals surface area contributed by atoms with Crippen molar-refractivity contribution in [3.8, 4) is 5.75 Å². The molecule has 2 rings (SSSR count). The third-order valence-electron chi connectivity index (χ3n) is 3.23. The molecule has 21 heavy (non-hydrogen) atoms. The second-order valence-corrected chi connectivity index (χ2v) is 4.68. The Morgan fingerprint density at radius 3 is 2.81 bits per heavy atom. The van der Waals surface area contributed by atoms with E-state index in [1.165, 1.54) is 4.90 Å². The number of nitrogen functional groups attached to an aromatic ring is 1. The topological polar surface area (TPSA) is 102 Å². The number of hydrogen-bond donors (Lipinski definition) is 2. The first kappa shape index (κ1) is 14.8. The molecule has 1 aromatic rings. The van der Waals surface area contributed by atoms with Crippen LogP contribution in [0.2, 0.25) is 0 Å². The lowest BCUT2D eigenvalue weighted by molar-refractivity contribution is -0.151. The molecule has 0 radical (unpaired) electrons. The molecule has 1 fully saturated rings. The Bertz CT molecular complexity index is 573. The highest BCUT2D eigenvalue weighted by Gasteiger charge is 2.35. The molecule has 7 heteroatoms. The Kier molecular flexibility index (Phi) is 4.42. The molecule has 3 amide bonds. The zero-order valence-corrected chi connectivity index (χ0v) is 11.7. The summed E-state index contributed by atoms with van der Waals surface area (Å²) in [5.41, 5.74) is 6.14. The van der Waals surface area contributed by atoms with E-state index in [2.05, 4.69) is 5.32 Å². The highest BCUT2D eigenvalue weighted by molar-refractivity contribution is 6.04. The second kappa shape index (κ2) is 6.25. The van der Waals surface area contributed by atoms with Crippen LogP contribution in [0.4, 0.5) is 5.69 Å². The van der Waals surface area contributed by atoms with E-state index in [1.54, 1.807) is 31.2 Å². The molecular weight excluding hydrogens is 274 g/mol. The number of imide groups is 1. The summed E-state index contributed by atoms with van der Waals surface area (Å²) in [5, 5.41) is 2.22. The lowest BCUT2D eigenvalue weighted by Gasteiger charge is -2.33. The summed E-state index contributed by atoms with van der Waals surface area (Å²) < 4.78 is 5.36. The molecule has 0 bridgehead atoms. The number of para-hydroxylation sites is 2. The predicted molar refractivity (Wildman–Crippen MR) is 75.3 cm³/mol. The molecule has 0 saturated carbocycles. The van der Waals surface area contributed by atoms with Gasteiger partial charge in [-0.05, 0) is 18.6 Å². The van der Waals surface area contributed by atoms with Crippen molar-refractivity contribution in [2.45, 2.75) is 19.4 Å². The predicted octanol–water partition coefficient (Wildman–Crippen LogP) is -0.0888. The van der Waals surface area contributed by atoms with Crippen LogP contribution in [-0.2, 0) is 14.4 Å². The Balaban J connectivity index is 2.03. The number of rotatable bonds is 4. The monoisotopic (exact) mass is 291 g/mol. The van der Waals surface area contributed by atoms with Crippen molar-refractivity contribution in [2.75, 3.05) is 18.9 Å². The number of nitrogens with one attached hydrogen (secondary N) is 1. The molecule has 3 N–H and O–H groups in total. The number of hydrogen-bond acceptors (Lipinski definition) is 5. The van der Waals surface area contributed by atoms with Crippen molar-refractivity contribution in [2.24, 2.45) is 0 Å². The first-order valence-electron chi connectivity index (χ1n) is 6.63. The van der Waals surface area contributed by atoms with Crippen LogP contribution in [0, 0.1) is 0 Å². The van der Waals surface area contributed by atoms with Crippen LogP contribution in [0.15, 0.2) is 24.3 Å². The number of carbonyl (C=O) groups excluding carboxylic acids is 3. The molecule has 1 aliphatic rings. The van der Waals surface area contributed by atoms with E-state index in [0.717, 1.165) is 0 Å². The van der Waals surface area contributed by atoms with Crippen molar-refractivity contribution >= 4 is 23.4 Å². The Hall–Kier alpha value is -2.57.